The van der Waals surface area contributed by atoms with Gasteiger partial charge in [0.15, 0.2) is 0 Å². The van der Waals surface area contributed by atoms with Crippen molar-refractivity contribution in [1.82, 2.24) is 4.98 Å². The number of aromatic nitrogens is 1. The first-order valence-electron chi connectivity index (χ1n) is 5.23. The maximum atomic E-state index is 5.64. The van der Waals surface area contributed by atoms with E-state index in [2.05, 4.69) is 11.1 Å². The molecule has 1 saturated carbocycles. The van der Waals surface area contributed by atoms with Crippen LogP contribution in [0.5, 0.6) is 0 Å². The lowest BCUT2D eigenvalue weighted by atomic mass is 10.0. The molecule has 1 heterocycles. The van der Waals surface area contributed by atoms with Gasteiger partial charge in [-0.25, -0.2) is 4.98 Å². The van der Waals surface area contributed by atoms with Gasteiger partial charge in [-0.15, -0.1) is 11.8 Å². The van der Waals surface area contributed by atoms with Crippen LogP contribution in [0.1, 0.15) is 32.1 Å². The van der Waals surface area contributed by atoms with Gasteiger partial charge in [-0.3, -0.25) is 0 Å². The third-order valence-electron chi connectivity index (χ3n) is 2.61. The molecule has 1 aliphatic carbocycles. The molecule has 0 amide bonds. The molecular formula is C11H16N2S. The largest absolute Gasteiger partial charge is 0.384 e. The smallest absolute Gasteiger partial charge is 0.124 e. The summed E-state index contributed by atoms with van der Waals surface area (Å²) >= 11 is 1.96. The monoisotopic (exact) mass is 208 g/mol. The second-order valence-corrected chi connectivity index (χ2v) is 5.17. The zero-order valence-corrected chi connectivity index (χ0v) is 9.09. The minimum absolute atomic E-state index is 0.630. The van der Waals surface area contributed by atoms with Gasteiger partial charge >= 0.3 is 0 Å². The van der Waals surface area contributed by atoms with E-state index >= 15 is 0 Å². The predicted molar refractivity (Wildman–Crippen MR) is 61.4 cm³/mol. The average molecular weight is 208 g/mol. The van der Waals surface area contributed by atoms with Gasteiger partial charge < -0.3 is 5.73 Å². The number of thioether (sulfide) groups is 1. The molecule has 1 fully saturated rings. The summed E-state index contributed by atoms with van der Waals surface area (Å²) in [4.78, 5) is 5.27. The van der Waals surface area contributed by atoms with Crippen LogP contribution in [0.15, 0.2) is 23.2 Å². The van der Waals surface area contributed by atoms with E-state index in [1.165, 1.54) is 37.0 Å². The molecule has 1 aromatic rings. The molecule has 0 aliphatic heterocycles. The van der Waals surface area contributed by atoms with Gasteiger partial charge in [0.1, 0.15) is 5.82 Å². The van der Waals surface area contributed by atoms with Crippen molar-refractivity contribution < 1.29 is 0 Å². The molecule has 1 aliphatic rings. The first-order valence-corrected chi connectivity index (χ1v) is 6.11. The Morgan fingerprint density at radius 2 is 2.07 bits per heavy atom. The van der Waals surface area contributed by atoms with Gasteiger partial charge in [0.2, 0.25) is 0 Å². The first-order chi connectivity index (χ1) is 6.84. The van der Waals surface area contributed by atoms with Gasteiger partial charge in [0, 0.05) is 16.3 Å². The number of hydrogen-bond donors (Lipinski definition) is 1. The topological polar surface area (TPSA) is 38.9 Å². The van der Waals surface area contributed by atoms with E-state index in [0.717, 1.165) is 5.25 Å². The third-order valence-corrected chi connectivity index (χ3v) is 3.94. The minimum atomic E-state index is 0.630. The fourth-order valence-electron chi connectivity index (χ4n) is 1.88. The van der Waals surface area contributed by atoms with Crippen LogP contribution in [0.2, 0.25) is 0 Å². The van der Waals surface area contributed by atoms with Crippen molar-refractivity contribution in [2.24, 2.45) is 0 Å². The highest BCUT2D eigenvalue weighted by Gasteiger charge is 2.14. The molecule has 0 atom stereocenters. The zero-order chi connectivity index (χ0) is 9.80. The molecule has 0 aromatic carbocycles. The Morgan fingerprint density at radius 1 is 1.29 bits per heavy atom. The van der Waals surface area contributed by atoms with Crippen molar-refractivity contribution in [3.63, 3.8) is 0 Å². The van der Waals surface area contributed by atoms with Crippen LogP contribution in [0.25, 0.3) is 0 Å². The van der Waals surface area contributed by atoms with Crippen LogP contribution in [-0.2, 0) is 0 Å². The third kappa shape index (κ3) is 2.64. The number of rotatable bonds is 2. The van der Waals surface area contributed by atoms with Gasteiger partial charge in [0.05, 0.1) is 0 Å². The van der Waals surface area contributed by atoms with E-state index in [-0.39, 0.29) is 0 Å². The summed E-state index contributed by atoms with van der Waals surface area (Å²) in [6, 6.07) is 4.02. The highest BCUT2D eigenvalue weighted by molar-refractivity contribution is 8.00. The van der Waals surface area contributed by atoms with Crippen molar-refractivity contribution in [3.05, 3.63) is 18.3 Å². The second kappa shape index (κ2) is 4.69. The first kappa shape index (κ1) is 9.84. The van der Waals surface area contributed by atoms with E-state index in [0.29, 0.717) is 5.82 Å². The number of anilines is 1. The minimum Gasteiger partial charge on any atom is -0.384 e. The predicted octanol–water partition coefficient (Wildman–Crippen LogP) is 3.09. The van der Waals surface area contributed by atoms with E-state index in [1.807, 2.05) is 17.8 Å². The van der Waals surface area contributed by atoms with Crippen LogP contribution in [0.3, 0.4) is 0 Å². The fraction of sp³-hybridized carbons (Fsp3) is 0.545. The summed E-state index contributed by atoms with van der Waals surface area (Å²) in [6.07, 6.45) is 8.69. The molecular weight excluding hydrogens is 192 g/mol. The standard InChI is InChI=1S/C11H16N2S/c12-11-8-10(6-7-13-11)14-9-4-2-1-3-5-9/h6-9H,1-5H2,(H2,12,13). The molecule has 2 N–H and O–H groups in total. The van der Waals surface area contributed by atoms with Crippen LogP contribution < -0.4 is 5.73 Å². The molecule has 14 heavy (non-hydrogen) atoms. The fourth-order valence-corrected chi connectivity index (χ4v) is 3.16. The van der Waals surface area contributed by atoms with Crippen molar-refractivity contribution >= 4 is 17.6 Å². The summed E-state index contributed by atoms with van der Waals surface area (Å²) in [7, 11) is 0. The lowest BCUT2D eigenvalue weighted by molar-refractivity contribution is 0.516. The quantitative estimate of drug-likeness (QED) is 0.811. The second-order valence-electron chi connectivity index (χ2n) is 3.79. The summed E-state index contributed by atoms with van der Waals surface area (Å²) in [6.45, 7) is 0. The van der Waals surface area contributed by atoms with E-state index in [9.17, 15) is 0 Å². The maximum absolute atomic E-state index is 5.64. The summed E-state index contributed by atoms with van der Waals surface area (Å²) < 4.78 is 0. The number of hydrogen-bond acceptors (Lipinski definition) is 3. The Bertz CT molecular complexity index is 295. The Kier molecular flexibility index (Phi) is 3.30. The highest BCUT2D eigenvalue weighted by atomic mass is 32.2. The number of pyridine rings is 1. The molecule has 0 unspecified atom stereocenters. The van der Waals surface area contributed by atoms with E-state index in [4.69, 9.17) is 5.73 Å². The van der Waals surface area contributed by atoms with E-state index < -0.39 is 0 Å². The van der Waals surface area contributed by atoms with Crippen LogP contribution in [0, 0.1) is 0 Å². The molecule has 2 rings (SSSR count). The Balaban J connectivity index is 1.95. The number of nitrogens with zero attached hydrogens (tertiary/aromatic N) is 1. The molecule has 76 valence electrons. The van der Waals surface area contributed by atoms with Gasteiger partial charge in [-0.2, -0.15) is 0 Å². The zero-order valence-electron chi connectivity index (χ0n) is 8.28. The highest BCUT2D eigenvalue weighted by Crippen LogP contribution is 2.33. The van der Waals surface area contributed by atoms with Crippen molar-refractivity contribution in [1.29, 1.82) is 0 Å². The summed E-state index contributed by atoms with van der Waals surface area (Å²) in [5.41, 5.74) is 5.64. The van der Waals surface area contributed by atoms with Gasteiger partial charge in [-0.1, -0.05) is 19.3 Å². The van der Waals surface area contributed by atoms with Gasteiger partial charge in [0.25, 0.3) is 0 Å². The Morgan fingerprint density at radius 3 is 2.79 bits per heavy atom. The molecule has 3 heteroatoms. The summed E-state index contributed by atoms with van der Waals surface area (Å²) in [5.74, 6) is 0.630. The number of nitrogen functional groups attached to an aromatic ring is 1. The Labute approximate surface area is 89.3 Å². The molecule has 2 nitrogen and oxygen atoms in total. The summed E-state index contributed by atoms with van der Waals surface area (Å²) in [5, 5.41) is 0.797. The maximum Gasteiger partial charge on any atom is 0.124 e. The molecule has 0 spiro atoms. The van der Waals surface area contributed by atoms with Crippen molar-refractivity contribution in [3.8, 4) is 0 Å². The average Bonchev–Trinajstić information content (AvgIpc) is 2.19. The molecule has 0 saturated heterocycles. The SMILES string of the molecule is Nc1cc(SC2CCCCC2)ccn1. The van der Waals surface area contributed by atoms with Crippen LogP contribution in [-0.4, -0.2) is 10.2 Å². The lowest BCUT2D eigenvalue weighted by Crippen LogP contribution is -2.07. The van der Waals surface area contributed by atoms with Crippen molar-refractivity contribution in [2.45, 2.75) is 42.2 Å². The van der Waals surface area contributed by atoms with Crippen molar-refractivity contribution in [2.75, 3.05) is 5.73 Å². The van der Waals surface area contributed by atoms with Crippen LogP contribution in [0.4, 0.5) is 5.82 Å². The van der Waals surface area contributed by atoms with Gasteiger partial charge in [-0.05, 0) is 25.0 Å². The molecule has 1 aromatic heterocycles. The Hall–Kier alpha value is -0.700. The molecule has 0 bridgehead atoms. The molecule has 0 radical (unpaired) electrons. The van der Waals surface area contributed by atoms with Crippen LogP contribution >= 0.6 is 11.8 Å². The lowest BCUT2D eigenvalue weighted by Gasteiger charge is -2.20. The normalized spacial score (nSPS) is 18.3. The number of nitrogens with two attached hydrogens (primary N) is 1. The van der Waals surface area contributed by atoms with E-state index in [1.54, 1.807) is 6.20 Å².